The van der Waals surface area contributed by atoms with Crippen LogP contribution >= 0.6 is 11.8 Å². The summed E-state index contributed by atoms with van der Waals surface area (Å²) in [5.41, 5.74) is 8.86. The Hall–Kier alpha value is -3.25. The van der Waals surface area contributed by atoms with Crippen molar-refractivity contribution in [3.8, 4) is 6.07 Å². The van der Waals surface area contributed by atoms with Gasteiger partial charge in [0.1, 0.15) is 16.5 Å². The third-order valence-electron chi connectivity index (χ3n) is 7.45. The maximum Gasteiger partial charge on any atom is 0.239 e. The van der Waals surface area contributed by atoms with E-state index in [1.165, 1.54) is 36.7 Å². The number of thioether (sulfide) groups is 1. The molecule has 9 heteroatoms. The molecule has 1 saturated heterocycles. The minimum atomic E-state index is -0.534. The van der Waals surface area contributed by atoms with Gasteiger partial charge in [-0.15, -0.1) is 0 Å². The average molecular weight is 475 g/mol. The zero-order valence-electron chi connectivity index (χ0n) is 18.5. The molecule has 2 aromatic rings. The van der Waals surface area contributed by atoms with Gasteiger partial charge < -0.3 is 10.6 Å². The number of aromatic nitrogens is 2. The van der Waals surface area contributed by atoms with E-state index in [0.717, 1.165) is 49.9 Å². The summed E-state index contributed by atoms with van der Waals surface area (Å²) in [4.78, 5) is 28.3. The lowest BCUT2D eigenvalue weighted by Crippen LogP contribution is -2.51. The van der Waals surface area contributed by atoms with Crippen LogP contribution in [0.1, 0.15) is 53.8 Å². The number of fused-ring (bicyclic) bond motifs is 4. The van der Waals surface area contributed by atoms with E-state index in [1.807, 2.05) is 29.2 Å². The molecular formula is C25H23FN6OS. The van der Waals surface area contributed by atoms with Crippen LogP contribution in [-0.4, -0.2) is 43.8 Å². The fourth-order valence-electron chi connectivity index (χ4n) is 5.70. The van der Waals surface area contributed by atoms with Gasteiger partial charge in [-0.25, -0.2) is 14.4 Å². The van der Waals surface area contributed by atoms with Crippen molar-refractivity contribution in [2.24, 2.45) is 16.6 Å². The first-order valence-electron chi connectivity index (χ1n) is 11.5. The van der Waals surface area contributed by atoms with E-state index in [4.69, 9.17) is 16.0 Å². The number of halogens is 1. The van der Waals surface area contributed by atoms with Gasteiger partial charge in [-0.2, -0.15) is 5.26 Å². The van der Waals surface area contributed by atoms with E-state index < -0.39 is 16.1 Å². The fraction of sp³-hybridized carbons (Fsp3) is 0.400. The number of carbonyl (C=O) groups is 1. The second-order valence-electron chi connectivity index (χ2n) is 9.46. The van der Waals surface area contributed by atoms with Gasteiger partial charge in [0.2, 0.25) is 5.91 Å². The Morgan fingerprint density at radius 3 is 2.82 bits per heavy atom. The molecule has 34 heavy (non-hydrogen) atoms. The number of piperidine rings is 1. The highest BCUT2D eigenvalue weighted by Gasteiger charge is 2.74. The molecule has 1 saturated carbocycles. The first-order chi connectivity index (χ1) is 16.4. The first kappa shape index (κ1) is 21.3. The minimum Gasteiger partial charge on any atom is -0.378 e. The Labute approximate surface area is 201 Å². The van der Waals surface area contributed by atoms with Crippen molar-refractivity contribution in [3.05, 3.63) is 58.7 Å². The minimum absolute atomic E-state index is 0.0704. The molecule has 7 nitrogen and oxygen atoms in total. The summed E-state index contributed by atoms with van der Waals surface area (Å²) in [6.45, 7) is 1.64. The number of hydrogen-bond acceptors (Lipinski definition) is 7. The van der Waals surface area contributed by atoms with Crippen LogP contribution < -0.4 is 5.73 Å². The van der Waals surface area contributed by atoms with E-state index in [0.29, 0.717) is 10.7 Å². The summed E-state index contributed by atoms with van der Waals surface area (Å²) in [6.07, 6.45) is 8.71. The Morgan fingerprint density at radius 2 is 2.09 bits per heavy atom. The van der Waals surface area contributed by atoms with Gasteiger partial charge in [0, 0.05) is 25.4 Å². The van der Waals surface area contributed by atoms with E-state index in [9.17, 15) is 9.18 Å². The van der Waals surface area contributed by atoms with E-state index in [1.54, 1.807) is 0 Å². The Bertz CT molecular complexity index is 1300. The van der Waals surface area contributed by atoms with Crippen LogP contribution in [0.3, 0.4) is 0 Å². The second-order valence-corrected chi connectivity index (χ2v) is 10.8. The third kappa shape index (κ3) is 3.16. The van der Waals surface area contributed by atoms with Gasteiger partial charge in [0.05, 0.1) is 17.9 Å². The van der Waals surface area contributed by atoms with Crippen LogP contribution in [0.15, 0.2) is 35.6 Å². The highest BCUT2D eigenvalue weighted by Crippen LogP contribution is 2.70. The van der Waals surface area contributed by atoms with Gasteiger partial charge in [0.15, 0.2) is 16.7 Å². The topological polar surface area (TPSA) is 108 Å². The predicted octanol–water partition coefficient (Wildman–Crippen LogP) is 3.40. The molecule has 1 aromatic heterocycles. The summed E-state index contributed by atoms with van der Waals surface area (Å²) in [5.74, 6) is -0.226. The van der Waals surface area contributed by atoms with Crippen LogP contribution in [0.5, 0.6) is 0 Å². The van der Waals surface area contributed by atoms with Gasteiger partial charge in [-0.3, -0.25) is 9.79 Å². The van der Waals surface area contributed by atoms with Crippen molar-refractivity contribution in [1.29, 1.82) is 5.26 Å². The maximum atomic E-state index is 14.8. The predicted molar refractivity (Wildman–Crippen MR) is 128 cm³/mol. The number of amides is 1. The number of rotatable bonds is 3. The van der Waals surface area contributed by atoms with Crippen molar-refractivity contribution in [1.82, 2.24) is 14.9 Å². The molecule has 2 aliphatic carbocycles. The SMILES string of the molecule is N#Cc1cnc(/C(F)=C/c2ccc3c(c2)[C@@]2(C3)N=C(N)S[C@@]3(C(=O)N4CCCCC4)C[C@H]32)cn1. The van der Waals surface area contributed by atoms with Crippen molar-refractivity contribution in [3.63, 3.8) is 0 Å². The number of aliphatic imine (C=N–C) groups is 1. The molecule has 2 fully saturated rings. The molecule has 3 heterocycles. The standard InChI is InChI=1S/C25H23FN6OS/c26-19(20-14-29-17(12-27)13-30-20)9-15-4-5-16-10-24(18(16)8-15)21-11-25(21,34-23(28)31-24)22(33)32-6-2-1-3-7-32/h4-5,8-9,13-14,21H,1-3,6-7,10-11H2,(H2,28,31)/b19-9-/t21-,24+,25-/m0/s1. The molecule has 2 N–H and O–H groups in total. The molecule has 3 atom stereocenters. The number of nitriles is 1. The normalized spacial score (nSPS) is 29.4. The van der Waals surface area contributed by atoms with Gasteiger partial charge in [-0.05, 0) is 54.5 Å². The maximum absolute atomic E-state index is 14.8. The molecule has 172 valence electrons. The summed E-state index contributed by atoms with van der Waals surface area (Å²) in [7, 11) is 0. The highest BCUT2D eigenvalue weighted by atomic mass is 32.2. The zero-order chi connectivity index (χ0) is 23.5. The number of carbonyl (C=O) groups excluding carboxylic acids is 1. The largest absolute Gasteiger partial charge is 0.378 e. The summed E-state index contributed by atoms with van der Waals surface area (Å²) >= 11 is 1.43. The van der Waals surface area contributed by atoms with Gasteiger partial charge >= 0.3 is 0 Å². The molecule has 1 spiro atoms. The van der Waals surface area contributed by atoms with Gasteiger partial charge in [-0.1, -0.05) is 23.9 Å². The van der Waals surface area contributed by atoms with Crippen LogP contribution in [0.4, 0.5) is 4.39 Å². The Kier molecular flexibility index (Phi) is 4.78. The number of nitrogens with two attached hydrogens (primary N) is 1. The lowest BCUT2D eigenvalue weighted by molar-refractivity contribution is -0.132. The number of nitrogens with zero attached hydrogens (tertiary/aromatic N) is 5. The molecule has 0 radical (unpaired) electrons. The zero-order valence-corrected chi connectivity index (χ0v) is 19.3. The molecule has 4 aliphatic rings. The van der Waals surface area contributed by atoms with Crippen LogP contribution in [0, 0.1) is 17.2 Å². The Balaban J connectivity index is 1.30. The monoisotopic (exact) mass is 474 g/mol. The Morgan fingerprint density at radius 1 is 1.26 bits per heavy atom. The molecule has 2 aliphatic heterocycles. The van der Waals surface area contributed by atoms with E-state index in [-0.39, 0.29) is 23.2 Å². The molecule has 1 amide bonds. The van der Waals surface area contributed by atoms with Crippen LogP contribution in [0.25, 0.3) is 11.9 Å². The number of benzene rings is 1. The van der Waals surface area contributed by atoms with E-state index in [2.05, 4.69) is 9.97 Å². The van der Waals surface area contributed by atoms with Crippen molar-refractivity contribution in [2.45, 2.75) is 42.4 Å². The number of amidine groups is 1. The summed E-state index contributed by atoms with van der Waals surface area (Å²) < 4.78 is 14.3. The molecular weight excluding hydrogens is 451 g/mol. The quantitative estimate of drug-likeness (QED) is 0.730. The van der Waals surface area contributed by atoms with Gasteiger partial charge in [0.25, 0.3) is 0 Å². The van der Waals surface area contributed by atoms with E-state index >= 15 is 0 Å². The molecule has 6 rings (SSSR count). The van der Waals surface area contributed by atoms with Crippen molar-refractivity contribution in [2.75, 3.05) is 13.1 Å². The molecule has 0 bridgehead atoms. The van der Waals surface area contributed by atoms with Crippen LogP contribution in [-0.2, 0) is 16.8 Å². The summed E-state index contributed by atoms with van der Waals surface area (Å²) in [5, 5.41) is 9.31. The average Bonchev–Trinajstić information content (AvgIpc) is 3.60. The fourth-order valence-corrected chi connectivity index (χ4v) is 7.09. The molecule has 1 aromatic carbocycles. The first-order valence-corrected chi connectivity index (χ1v) is 12.3. The number of likely N-dealkylation sites (tertiary alicyclic amines) is 1. The lowest BCUT2D eigenvalue weighted by atomic mass is 9.66. The third-order valence-corrected chi connectivity index (χ3v) is 8.74. The van der Waals surface area contributed by atoms with Crippen molar-refractivity contribution < 1.29 is 9.18 Å². The molecule has 0 unspecified atom stereocenters. The summed E-state index contributed by atoms with van der Waals surface area (Å²) in [6, 6.07) is 7.69. The number of hydrogen-bond donors (Lipinski definition) is 1. The second kappa shape index (κ2) is 7.64. The van der Waals surface area contributed by atoms with Crippen molar-refractivity contribution >= 4 is 34.7 Å². The lowest BCUT2D eigenvalue weighted by Gasteiger charge is -2.45. The highest BCUT2D eigenvalue weighted by molar-refractivity contribution is 8.15. The van der Waals surface area contributed by atoms with Crippen LogP contribution in [0.2, 0.25) is 0 Å². The smallest absolute Gasteiger partial charge is 0.239 e.